The topological polar surface area (TPSA) is 99.7 Å². The molecule has 4 aliphatic heterocycles. The zero-order chi connectivity index (χ0) is 26.9. The number of pyridine rings is 1. The van der Waals surface area contributed by atoms with E-state index in [-0.39, 0.29) is 4.90 Å². The summed E-state index contributed by atoms with van der Waals surface area (Å²) in [5.41, 5.74) is 0.711. The van der Waals surface area contributed by atoms with Crippen LogP contribution in [0.1, 0.15) is 48.9 Å². The third-order valence-electron chi connectivity index (χ3n) is 8.32. The molecule has 5 heterocycles. The number of ketones is 1. The fourth-order valence-electron chi connectivity index (χ4n) is 6.17. The van der Waals surface area contributed by atoms with E-state index in [2.05, 4.69) is 20.1 Å². The molecule has 38 heavy (non-hydrogen) atoms. The zero-order valence-electron chi connectivity index (χ0n) is 21.7. The number of halogens is 1. The molecule has 1 unspecified atom stereocenters. The van der Waals surface area contributed by atoms with E-state index < -0.39 is 15.7 Å². The molecule has 4 aliphatic rings. The van der Waals surface area contributed by atoms with E-state index in [1.165, 1.54) is 38.2 Å². The molecular formula is C28H35ClN4O4S. The van der Waals surface area contributed by atoms with Gasteiger partial charge in [0.15, 0.2) is 15.7 Å². The van der Waals surface area contributed by atoms with E-state index in [0.29, 0.717) is 71.6 Å². The summed E-state index contributed by atoms with van der Waals surface area (Å²) in [6.45, 7) is 4.82. The number of amides is 1. The number of anilines is 2. The van der Waals surface area contributed by atoms with Gasteiger partial charge in [0.1, 0.15) is 5.78 Å². The molecule has 10 heteroatoms. The van der Waals surface area contributed by atoms with E-state index in [0.717, 1.165) is 25.6 Å². The molecule has 1 atom stereocenters. The Balaban J connectivity index is 1.23. The zero-order valence-corrected chi connectivity index (χ0v) is 23.3. The summed E-state index contributed by atoms with van der Waals surface area (Å²) < 4.78 is 24.4. The predicted molar refractivity (Wildman–Crippen MR) is 149 cm³/mol. The Hall–Kier alpha value is -2.49. The van der Waals surface area contributed by atoms with Gasteiger partial charge in [-0.3, -0.25) is 9.59 Å². The Morgan fingerprint density at radius 1 is 1.05 bits per heavy atom. The van der Waals surface area contributed by atoms with Gasteiger partial charge in [-0.25, -0.2) is 13.4 Å². The first-order chi connectivity index (χ1) is 18.2. The quantitative estimate of drug-likeness (QED) is 0.515. The van der Waals surface area contributed by atoms with Crippen LogP contribution in [0.15, 0.2) is 41.4 Å². The minimum absolute atomic E-state index is 0.0378. The van der Waals surface area contributed by atoms with Crippen molar-refractivity contribution < 1.29 is 18.0 Å². The van der Waals surface area contributed by atoms with Crippen LogP contribution in [-0.2, 0) is 14.6 Å². The molecule has 204 valence electrons. The first-order valence-electron chi connectivity index (χ1n) is 13.4. The Morgan fingerprint density at radius 2 is 1.79 bits per heavy atom. The molecular weight excluding hydrogens is 524 g/mol. The van der Waals surface area contributed by atoms with Crippen LogP contribution in [-0.4, -0.2) is 69.0 Å². The summed E-state index contributed by atoms with van der Waals surface area (Å²) in [4.78, 5) is 34.9. The minimum Gasteiger partial charge on any atom is -0.355 e. The molecule has 0 saturated carbocycles. The van der Waals surface area contributed by atoms with Crippen LogP contribution in [0.2, 0.25) is 5.02 Å². The van der Waals surface area contributed by atoms with Gasteiger partial charge in [0.25, 0.3) is 5.91 Å². The molecule has 1 aromatic heterocycles. The summed E-state index contributed by atoms with van der Waals surface area (Å²) in [6, 6.07) is 8.03. The maximum Gasteiger partial charge on any atom is 0.255 e. The van der Waals surface area contributed by atoms with Crippen molar-refractivity contribution in [3.63, 3.8) is 0 Å². The van der Waals surface area contributed by atoms with Gasteiger partial charge in [0.05, 0.1) is 10.6 Å². The first-order valence-corrected chi connectivity index (χ1v) is 15.7. The van der Waals surface area contributed by atoms with Gasteiger partial charge in [0.2, 0.25) is 0 Å². The Labute approximate surface area is 229 Å². The molecule has 2 aromatic rings. The maximum atomic E-state index is 12.9. The number of piperidine rings is 4. The van der Waals surface area contributed by atoms with Crippen molar-refractivity contribution in [2.45, 2.75) is 43.4 Å². The Kier molecular flexibility index (Phi) is 8.07. The minimum atomic E-state index is -3.51. The van der Waals surface area contributed by atoms with Crippen molar-refractivity contribution in [1.82, 2.24) is 9.88 Å². The lowest BCUT2D eigenvalue weighted by Crippen LogP contribution is -2.48. The number of carbonyl (C=O) groups is 2. The maximum absolute atomic E-state index is 12.9. The van der Waals surface area contributed by atoms with Gasteiger partial charge < -0.3 is 15.1 Å². The van der Waals surface area contributed by atoms with Crippen molar-refractivity contribution in [2.24, 2.45) is 17.8 Å². The van der Waals surface area contributed by atoms with Crippen LogP contribution in [0.4, 0.5) is 11.5 Å². The average molecular weight is 559 g/mol. The number of Topliss-reactive ketones (excluding diaryl/α,β-unsaturated/α-hetero) is 1. The number of benzene rings is 1. The number of nitrogens with one attached hydrogen (secondary N) is 1. The standard InChI is InChI=1S/C28H35ClN4O4S/c1-38(36,37)25-16-26(31-28(35)21-3-2-4-23(29)14-21)27(30-17-25)33-11-5-19(6-12-33)13-24(34)15-22-18-32-9-7-20(22)8-10-32/h2-4,14,16-17,19-20,22H,5-13,15,18H2,1H3,(H,31,35). The third kappa shape index (κ3) is 6.38. The second-order valence-electron chi connectivity index (χ2n) is 11.1. The molecule has 8 nitrogen and oxygen atoms in total. The van der Waals surface area contributed by atoms with Gasteiger partial charge in [-0.05, 0) is 80.8 Å². The largest absolute Gasteiger partial charge is 0.355 e. The Morgan fingerprint density at radius 3 is 2.42 bits per heavy atom. The van der Waals surface area contributed by atoms with Gasteiger partial charge in [0, 0.05) is 55.5 Å². The lowest BCUT2D eigenvalue weighted by Gasteiger charge is -2.44. The van der Waals surface area contributed by atoms with E-state index in [1.807, 2.05) is 0 Å². The van der Waals surface area contributed by atoms with Crippen LogP contribution in [0, 0.1) is 17.8 Å². The highest BCUT2D eigenvalue weighted by Gasteiger charge is 2.35. The molecule has 0 aliphatic carbocycles. The van der Waals surface area contributed by atoms with Gasteiger partial charge in [-0.2, -0.15) is 0 Å². The first kappa shape index (κ1) is 27.1. The summed E-state index contributed by atoms with van der Waals surface area (Å²) >= 11 is 6.04. The highest BCUT2D eigenvalue weighted by molar-refractivity contribution is 7.90. The lowest BCUT2D eigenvalue weighted by molar-refractivity contribution is -0.122. The monoisotopic (exact) mass is 558 g/mol. The van der Waals surface area contributed by atoms with Crippen molar-refractivity contribution in [2.75, 3.05) is 49.2 Å². The molecule has 6 rings (SSSR count). The fraction of sp³-hybridized carbons (Fsp3) is 0.536. The van der Waals surface area contributed by atoms with Crippen molar-refractivity contribution >= 4 is 44.6 Å². The summed E-state index contributed by atoms with van der Waals surface area (Å²) in [5, 5.41) is 3.28. The molecule has 4 saturated heterocycles. The number of sulfone groups is 1. The van der Waals surface area contributed by atoms with Gasteiger partial charge >= 0.3 is 0 Å². The molecule has 1 N–H and O–H groups in total. The summed E-state index contributed by atoms with van der Waals surface area (Å²) in [7, 11) is -3.51. The number of rotatable bonds is 8. The molecule has 4 fully saturated rings. The second-order valence-corrected chi connectivity index (χ2v) is 13.5. The SMILES string of the molecule is CS(=O)(=O)c1cnc(N2CCC(CC(=O)CC3CN4CCC3CC4)CC2)c(NC(=O)c2cccc(Cl)c2)c1. The third-order valence-corrected chi connectivity index (χ3v) is 9.63. The number of fused-ring (bicyclic) bond motifs is 3. The van der Waals surface area contributed by atoms with Crippen LogP contribution >= 0.6 is 11.6 Å². The number of aromatic nitrogens is 1. The smallest absolute Gasteiger partial charge is 0.255 e. The summed E-state index contributed by atoms with van der Waals surface area (Å²) in [5.74, 6) is 2.09. The molecule has 0 spiro atoms. The molecule has 0 radical (unpaired) electrons. The number of carbonyl (C=O) groups excluding carboxylic acids is 2. The number of hydrogen-bond donors (Lipinski definition) is 1. The summed E-state index contributed by atoms with van der Waals surface area (Å²) in [6.07, 6.45) is 7.95. The molecule has 1 aromatic carbocycles. The van der Waals surface area contributed by atoms with Crippen molar-refractivity contribution in [1.29, 1.82) is 0 Å². The Bertz CT molecular complexity index is 1300. The van der Waals surface area contributed by atoms with Crippen LogP contribution in [0.5, 0.6) is 0 Å². The lowest BCUT2D eigenvalue weighted by atomic mass is 9.76. The van der Waals surface area contributed by atoms with Gasteiger partial charge in [-0.15, -0.1) is 0 Å². The second kappa shape index (κ2) is 11.3. The van der Waals surface area contributed by atoms with Gasteiger partial charge in [-0.1, -0.05) is 17.7 Å². The molecule has 2 bridgehead atoms. The highest BCUT2D eigenvalue weighted by Crippen LogP contribution is 2.36. The fourth-order valence-corrected chi connectivity index (χ4v) is 6.94. The van der Waals surface area contributed by atoms with Crippen molar-refractivity contribution in [3.8, 4) is 0 Å². The van der Waals surface area contributed by atoms with Crippen LogP contribution in [0.3, 0.4) is 0 Å². The van der Waals surface area contributed by atoms with E-state index in [9.17, 15) is 18.0 Å². The predicted octanol–water partition coefficient (Wildman–Crippen LogP) is 4.30. The van der Waals surface area contributed by atoms with E-state index in [4.69, 9.17) is 11.6 Å². The van der Waals surface area contributed by atoms with Crippen LogP contribution in [0.25, 0.3) is 0 Å². The average Bonchev–Trinajstić information content (AvgIpc) is 2.89. The highest BCUT2D eigenvalue weighted by atomic mass is 35.5. The number of nitrogens with zero attached hydrogens (tertiary/aromatic N) is 3. The number of hydrogen-bond acceptors (Lipinski definition) is 7. The molecule has 1 amide bonds. The van der Waals surface area contributed by atoms with Crippen LogP contribution < -0.4 is 10.2 Å². The normalized spacial score (nSPS) is 23.8. The van der Waals surface area contributed by atoms with E-state index >= 15 is 0 Å². The van der Waals surface area contributed by atoms with E-state index in [1.54, 1.807) is 24.3 Å². The van der Waals surface area contributed by atoms with Crippen molar-refractivity contribution in [3.05, 3.63) is 47.1 Å².